The lowest BCUT2D eigenvalue weighted by Gasteiger charge is -2.39. The zero-order chi connectivity index (χ0) is 13.5. The molecule has 3 N–H and O–H groups in total. The van der Waals surface area contributed by atoms with Gasteiger partial charge in [-0.1, -0.05) is 0 Å². The van der Waals surface area contributed by atoms with Gasteiger partial charge in [0.05, 0.1) is 18.7 Å². The minimum atomic E-state index is 0.0284. The van der Waals surface area contributed by atoms with Crippen molar-refractivity contribution >= 4 is 5.91 Å². The Morgan fingerprint density at radius 2 is 2.05 bits per heavy atom. The molecule has 2 rings (SSSR count). The molecular formula is C13H23N5O. The molecule has 2 aliphatic heterocycles. The molecule has 0 aromatic heterocycles. The van der Waals surface area contributed by atoms with Crippen LogP contribution in [0.1, 0.15) is 25.7 Å². The van der Waals surface area contributed by atoms with E-state index < -0.39 is 0 Å². The molecule has 0 spiro atoms. The van der Waals surface area contributed by atoms with Crippen molar-refractivity contribution in [2.75, 3.05) is 32.7 Å². The van der Waals surface area contributed by atoms with Gasteiger partial charge in [0.25, 0.3) is 0 Å². The zero-order valence-electron chi connectivity index (χ0n) is 11.3. The summed E-state index contributed by atoms with van der Waals surface area (Å²) in [5.74, 6) is 0.0284. The predicted octanol–water partition coefficient (Wildman–Crippen LogP) is -0.610. The summed E-state index contributed by atoms with van der Waals surface area (Å²) in [4.78, 5) is 14.3. The summed E-state index contributed by atoms with van der Waals surface area (Å²) in [7, 11) is 0. The van der Waals surface area contributed by atoms with E-state index in [0.717, 1.165) is 26.2 Å². The molecule has 6 nitrogen and oxygen atoms in total. The summed E-state index contributed by atoms with van der Waals surface area (Å²) in [6.45, 7) is 4.54. The Morgan fingerprint density at radius 1 is 1.32 bits per heavy atom. The first-order chi connectivity index (χ1) is 9.31. The highest BCUT2D eigenvalue weighted by Crippen LogP contribution is 2.15. The third-order valence-corrected chi connectivity index (χ3v) is 3.76. The summed E-state index contributed by atoms with van der Waals surface area (Å²) >= 11 is 0. The first-order valence-electron chi connectivity index (χ1n) is 7.16. The molecule has 0 saturated carbocycles. The summed E-state index contributed by atoms with van der Waals surface area (Å²) in [5, 5.41) is 18.2. The fourth-order valence-electron chi connectivity index (χ4n) is 2.85. The number of piperazine rings is 1. The van der Waals surface area contributed by atoms with Crippen LogP contribution in [0.5, 0.6) is 0 Å². The van der Waals surface area contributed by atoms with Crippen LogP contribution in [0, 0.1) is 11.3 Å². The maximum absolute atomic E-state index is 11.8. The molecule has 6 heteroatoms. The van der Waals surface area contributed by atoms with Crippen molar-refractivity contribution in [3.05, 3.63) is 0 Å². The van der Waals surface area contributed by atoms with Crippen molar-refractivity contribution in [1.82, 2.24) is 20.9 Å². The van der Waals surface area contributed by atoms with Crippen molar-refractivity contribution < 1.29 is 4.79 Å². The molecule has 1 unspecified atom stereocenters. The number of carbonyl (C=O) groups is 1. The molecule has 2 saturated heterocycles. The quantitative estimate of drug-likeness (QED) is 0.578. The van der Waals surface area contributed by atoms with Crippen LogP contribution in [-0.4, -0.2) is 55.7 Å². The number of nitrogens with one attached hydrogen (secondary N) is 3. The lowest BCUT2D eigenvalue weighted by Crippen LogP contribution is -2.63. The number of likely N-dealkylation sites (tertiary alicyclic amines) is 1. The van der Waals surface area contributed by atoms with Crippen LogP contribution >= 0.6 is 0 Å². The van der Waals surface area contributed by atoms with Crippen LogP contribution in [0.15, 0.2) is 0 Å². The van der Waals surface area contributed by atoms with E-state index in [2.05, 4.69) is 20.9 Å². The number of hydrogen-bond donors (Lipinski definition) is 3. The smallest absolute Gasteiger partial charge is 0.221 e. The number of hydrogen-bond acceptors (Lipinski definition) is 5. The van der Waals surface area contributed by atoms with Crippen LogP contribution in [0.4, 0.5) is 0 Å². The molecule has 2 aliphatic rings. The fraction of sp³-hybridized carbons (Fsp3) is 0.846. The molecule has 1 amide bonds. The fourth-order valence-corrected chi connectivity index (χ4v) is 2.85. The van der Waals surface area contributed by atoms with E-state index in [4.69, 9.17) is 5.26 Å². The normalized spacial score (nSPS) is 27.9. The van der Waals surface area contributed by atoms with Gasteiger partial charge in [-0.15, -0.1) is 0 Å². The number of nitriles is 1. The molecule has 2 heterocycles. The highest BCUT2D eigenvalue weighted by molar-refractivity contribution is 5.76. The second kappa shape index (κ2) is 7.43. The average molecular weight is 265 g/mol. The topological polar surface area (TPSA) is 80.2 Å². The highest BCUT2D eigenvalue weighted by Gasteiger charge is 2.32. The highest BCUT2D eigenvalue weighted by atomic mass is 16.1. The van der Waals surface area contributed by atoms with E-state index in [1.807, 2.05) is 6.07 Å². The Balaban J connectivity index is 1.81. The van der Waals surface area contributed by atoms with Gasteiger partial charge in [-0.25, -0.2) is 0 Å². The number of carbonyl (C=O) groups excluding carboxylic acids is 1. The monoisotopic (exact) mass is 265 g/mol. The minimum absolute atomic E-state index is 0.0284. The van der Waals surface area contributed by atoms with Gasteiger partial charge in [-0.05, 0) is 25.9 Å². The summed E-state index contributed by atoms with van der Waals surface area (Å²) in [6.07, 6.45) is 3.61. The van der Waals surface area contributed by atoms with Gasteiger partial charge < -0.3 is 10.6 Å². The van der Waals surface area contributed by atoms with Gasteiger partial charge in [-0.3, -0.25) is 15.0 Å². The minimum Gasteiger partial charge on any atom is -0.355 e. The third kappa shape index (κ3) is 4.16. The van der Waals surface area contributed by atoms with Crippen LogP contribution in [0.3, 0.4) is 0 Å². The number of rotatable bonds is 5. The van der Waals surface area contributed by atoms with Crippen molar-refractivity contribution in [2.24, 2.45) is 0 Å². The van der Waals surface area contributed by atoms with E-state index >= 15 is 0 Å². The van der Waals surface area contributed by atoms with Crippen molar-refractivity contribution in [1.29, 1.82) is 5.26 Å². The molecule has 0 aliphatic carbocycles. The lowest BCUT2D eigenvalue weighted by atomic mass is 10.1. The van der Waals surface area contributed by atoms with E-state index in [1.54, 1.807) is 0 Å². The molecule has 0 radical (unpaired) electrons. The Bertz CT molecular complexity index is 334. The molecule has 0 aromatic carbocycles. The standard InChI is InChI=1S/C13H23N5O/c14-4-3-5-16-12(19)10-11-13(17-7-6-15-11)18-8-1-2-9-18/h11,13,15,17H,1-3,5-10H2,(H,16,19)/t11?,13-/m0/s1. The molecular weight excluding hydrogens is 242 g/mol. The maximum atomic E-state index is 11.8. The third-order valence-electron chi connectivity index (χ3n) is 3.76. The van der Waals surface area contributed by atoms with Gasteiger partial charge in [0.1, 0.15) is 0 Å². The van der Waals surface area contributed by atoms with E-state index in [0.29, 0.717) is 19.4 Å². The largest absolute Gasteiger partial charge is 0.355 e. The van der Waals surface area contributed by atoms with Crippen molar-refractivity contribution in [3.63, 3.8) is 0 Å². The zero-order valence-corrected chi connectivity index (χ0v) is 11.3. The first-order valence-corrected chi connectivity index (χ1v) is 7.16. The van der Waals surface area contributed by atoms with Gasteiger partial charge >= 0.3 is 0 Å². The van der Waals surface area contributed by atoms with Crippen LogP contribution in [0.2, 0.25) is 0 Å². The van der Waals surface area contributed by atoms with Gasteiger partial charge in [0, 0.05) is 32.1 Å². The van der Waals surface area contributed by atoms with E-state index in [-0.39, 0.29) is 18.1 Å². The second-order valence-corrected chi connectivity index (χ2v) is 5.16. The molecule has 19 heavy (non-hydrogen) atoms. The maximum Gasteiger partial charge on any atom is 0.221 e. The molecule has 0 bridgehead atoms. The lowest BCUT2D eigenvalue weighted by molar-refractivity contribution is -0.122. The number of amides is 1. The van der Waals surface area contributed by atoms with E-state index in [1.165, 1.54) is 12.8 Å². The average Bonchev–Trinajstić information content (AvgIpc) is 2.93. The Morgan fingerprint density at radius 3 is 2.79 bits per heavy atom. The summed E-state index contributed by atoms with van der Waals surface area (Å²) < 4.78 is 0. The van der Waals surface area contributed by atoms with Gasteiger partial charge in [0.2, 0.25) is 5.91 Å². The van der Waals surface area contributed by atoms with Crippen LogP contribution < -0.4 is 16.0 Å². The SMILES string of the molecule is N#CCCNC(=O)CC1NCCN[C@H]1N1CCCC1. The molecule has 0 aromatic rings. The van der Waals surface area contributed by atoms with Crippen LogP contribution in [0.25, 0.3) is 0 Å². The second-order valence-electron chi connectivity index (χ2n) is 5.16. The van der Waals surface area contributed by atoms with Gasteiger partial charge in [-0.2, -0.15) is 5.26 Å². The van der Waals surface area contributed by atoms with Crippen LogP contribution in [-0.2, 0) is 4.79 Å². The molecule has 2 atom stereocenters. The number of nitrogens with zero attached hydrogens (tertiary/aromatic N) is 2. The Labute approximate surface area is 114 Å². The summed E-state index contributed by atoms with van der Waals surface area (Å²) in [5.41, 5.74) is 0. The first kappa shape index (κ1) is 14.3. The summed E-state index contributed by atoms with van der Waals surface area (Å²) in [6, 6.07) is 2.19. The molecule has 106 valence electrons. The van der Waals surface area contributed by atoms with Crippen molar-refractivity contribution in [3.8, 4) is 6.07 Å². The Kier molecular flexibility index (Phi) is 5.58. The predicted molar refractivity (Wildman–Crippen MR) is 72.2 cm³/mol. The molecule has 2 fully saturated rings. The van der Waals surface area contributed by atoms with Crippen molar-refractivity contribution in [2.45, 2.75) is 37.9 Å². The van der Waals surface area contributed by atoms with Gasteiger partial charge in [0.15, 0.2) is 0 Å². The van der Waals surface area contributed by atoms with E-state index in [9.17, 15) is 4.79 Å². The Hall–Kier alpha value is -1.16.